The zero-order valence-corrected chi connectivity index (χ0v) is 9.81. The van der Waals surface area contributed by atoms with Crippen molar-refractivity contribution in [3.8, 4) is 0 Å². The highest BCUT2D eigenvalue weighted by molar-refractivity contribution is 5.92. The lowest BCUT2D eigenvalue weighted by Crippen LogP contribution is -2.24. The van der Waals surface area contributed by atoms with E-state index in [1.807, 2.05) is 29.5 Å². The van der Waals surface area contributed by atoms with Gasteiger partial charge in [0.2, 0.25) is 0 Å². The summed E-state index contributed by atoms with van der Waals surface area (Å²) >= 11 is 0. The number of hydrogen-bond donors (Lipinski definition) is 1. The molecule has 17 heavy (non-hydrogen) atoms. The maximum atomic E-state index is 11.8. The van der Waals surface area contributed by atoms with Crippen molar-refractivity contribution in [2.75, 3.05) is 6.54 Å². The van der Waals surface area contributed by atoms with Crippen LogP contribution in [0.3, 0.4) is 0 Å². The Hall–Kier alpha value is -2.10. The first-order valence-electron chi connectivity index (χ1n) is 5.56. The average Bonchev–Trinajstić information content (AvgIpc) is 2.75. The minimum absolute atomic E-state index is 0.144. The van der Waals surface area contributed by atoms with Gasteiger partial charge in [-0.05, 0) is 25.5 Å². The second-order valence-corrected chi connectivity index (χ2v) is 3.85. The summed E-state index contributed by atoms with van der Waals surface area (Å²) in [6, 6.07) is 5.79. The van der Waals surface area contributed by atoms with Gasteiger partial charge in [-0.3, -0.25) is 4.79 Å². The molecular formula is C13H15N3O. The number of fused-ring (bicyclic) bond motifs is 1. The van der Waals surface area contributed by atoms with Crippen LogP contribution in [0.4, 0.5) is 0 Å². The normalized spacial score (nSPS) is 10.4. The van der Waals surface area contributed by atoms with Crippen LogP contribution in [0.15, 0.2) is 37.1 Å². The molecule has 0 unspecified atom stereocenters. The summed E-state index contributed by atoms with van der Waals surface area (Å²) in [5.74, 6) is -0.144. The van der Waals surface area contributed by atoms with Gasteiger partial charge in [-0.1, -0.05) is 12.1 Å². The Morgan fingerprint density at radius 1 is 1.59 bits per heavy atom. The number of nitrogens with zero attached hydrogens (tertiary/aromatic N) is 2. The molecule has 0 radical (unpaired) electrons. The van der Waals surface area contributed by atoms with Crippen molar-refractivity contribution in [3.05, 3.63) is 48.4 Å². The van der Waals surface area contributed by atoms with E-state index in [2.05, 4.69) is 16.9 Å². The molecule has 0 atom stereocenters. The van der Waals surface area contributed by atoms with Gasteiger partial charge in [0.05, 0.1) is 0 Å². The molecule has 0 bridgehead atoms. The number of aryl methyl sites for hydroxylation is 1. The molecule has 2 rings (SSSR count). The van der Waals surface area contributed by atoms with Gasteiger partial charge in [0.1, 0.15) is 11.3 Å². The molecule has 0 aliphatic heterocycles. The van der Waals surface area contributed by atoms with Crippen LogP contribution in [-0.4, -0.2) is 21.8 Å². The molecule has 0 spiro atoms. The Bertz CT molecular complexity index is 557. The molecule has 0 saturated carbocycles. The topological polar surface area (TPSA) is 46.4 Å². The minimum atomic E-state index is -0.144. The van der Waals surface area contributed by atoms with Gasteiger partial charge in [-0.15, -0.1) is 6.58 Å². The number of aromatic nitrogens is 2. The fourth-order valence-electron chi connectivity index (χ4n) is 1.64. The molecule has 2 heterocycles. The molecule has 0 saturated heterocycles. The van der Waals surface area contributed by atoms with Crippen molar-refractivity contribution >= 4 is 11.6 Å². The SMILES string of the molecule is C=CCCNC(=O)c1cn2c(C)cccc2n1. The zero-order chi connectivity index (χ0) is 12.3. The molecule has 0 aliphatic rings. The Labute approximate surface area is 100.0 Å². The van der Waals surface area contributed by atoms with E-state index in [1.165, 1.54) is 0 Å². The van der Waals surface area contributed by atoms with Crippen LogP contribution >= 0.6 is 0 Å². The van der Waals surface area contributed by atoms with Gasteiger partial charge in [0.15, 0.2) is 0 Å². The van der Waals surface area contributed by atoms with Crippen LogP contribution in [0.2, 0.25) is 0 Å². The number of hydrogen-bond acceptors (Lipinski definition) is 2. The lowest BCUT2D eigenvalue weighted by molar-refractivity contribution is 0.0950. The van der Waals surface area contributed by atoms with Crippen molar-refractivity contribution in [2.45, 2.75) is 13.3 Å². The summed E-state index contributed by atoms with van der Waals surface area (Å²) in [7, 11) is 0. The van der Waals surface area contributed by atoms with E-state index in [1.54, 1.807) is 12.3 Å². The second kappa shape index (κ2) is 4.82. The first kappa shape index (κ1) is 11.4. The fraction of sp³-hybridized carbons (Fsp3) is 0.231. The summed E-state index contributed by atoms with van der Waals surface area (Å²) < 4.78 is 1.91. The second-order valence-electron chi connectivity index (χ2n) is 3.85. The fourth-order valence-corrected chi connectivity index (χ4v) is 1.64. The predicted molar refractivity (Wildman–Crippen MR) is 67.1 cm³/mol. The first-order valence-corrected chi connectivity index (χ1v) is 5.56. The highest BCUT2D eigenvalue weighted by atomic mass is 16.1. The Kier molecular flexibility index (Phi) is 3.23. The molecule has 0 aromatic carbocycles. The van der Waals surface area contributed by atoms with Crippen molar-refractivity contribution in [2.24, 2.45) is 0 Å². The van der Waals surface area contributed by atoms with E-state index in [4.69, 9.17) is 0 Å². The summed E-state index contributed by atoms with van der Waals surface area (Å²) in [5, 5.41) is 2.79. The van der Waals surface area contributed by atoms with Crippen molar-refractivity contribution in [3.63, 3.8) is 0 Å². The van der Waals surface area contributed by atoms with Crippen molar-refractivity contribution in [1.82, 2.24) is 14.7 Å². The number of imidazole rings is 1. The molecule has 1 amide bonds. The summed E-state index contributed by atoms with van der Waals surface area (Å²) in [5.41, 5.74) is 2.29. The van der Waals surface area contributed by atoms with Crippen LogP contribution in [-0.2, 0) is 0 Å². The molecule has 1 N–H and O–H groups in total. The Morgan fingerprint density at radius 3 is 3.12 bits per heavy atom. The van der Waals surface area contributed by atoms with E-state index in [0.717, 1.165) is 17.8 Å². The average molecular weight is 229 g/mol. The maximum Gasteiger partial charge on any atom is 0.271 e. The quantitative estimate of drug-likeness (QED) is 0.643. The van der Waals surface area contributed by atoms with Gasteiger partial charge in [0, 0.05) is 18.4 Å². The van der Waals surface area contributed by atoms with E-state index in [9.17, 15) is 4.79 Å². The van der Waals surface area contributed by atoms with Gasteiger partial charge in [-0.25, -0.2) is 4.98 Å². The van der Waals surface area contributed by atoms with E-state index in [-0.39, 0.29) is 5.91 Å². The van der Waals surface area contributed by atoms with Gasteiger partial charge in [0.25, 0.3) is 5.91 Å². The number of amides is 1. The number of pyridine rings is 1. The molecule has 4 heteroatoms. The van der Waals surface area contributed by atoms with Crippen LogP contribution < -0.4 is 5.32 Å². The van der Waals surface area contributed by atoms with Crippen molar-refractivity contribution < 1.29 is 4.79 Å². The minimum Gasteiger partial charge on any atom is -0.350 e. The summed E-state index contributed by atoms with van der Waals surface area (Å²) in [4.78, 5) is 16.1. The lowest BCUT2D eigenvalue weighted by atomic mass is 10.4. The molecule has 2 aromatic rings. The molecular weight excluding hydrogens is 214 g/mol. The van der Waals surface area contributed by atoms with E-state index in [0.29, 0.717) is 12.2 Å². The number of carbonyl (C=O) groups excluding carboxylic acids is 1. The maximum absolute atomic E-state index is 11.8. The number of rotatable bonds is 4. The van der Waals surface area contributed by atoms with E-state index >= 15 is 0 Å². The van der Waals surface area contributed by atoms with Gasteiger partial charge >= 0.3 is 0 Å². The lowest BCUT2D eigenvalue weighted by Gasteiger charge is -1.98. The predicted octanol–water partition coefficient (Wildman–Crippen LogP) is 1.95. The molecule has 0 aliphatic carbocycles. The smallest absolute Gasteiger partial charge is 0.271 e. The third-order valence-corrected chi connectivity index (χ3v) is 2.56. The number of carbonyl (C=O) groups is 1. The van der Waals surface area contributed by atoms with Crippen LogP contribution in [0.5, 0.6) is 0 Å². The first-order chi connectivity index (χ1) is 8.22. The third-order valence-electron chi connectivity index (χ3n) is 2.56. The summed E-state index contributed by atoms with van der Waals surface area (Å²) in [6.45, 7) is 6.18. The van der Waals surface area contributed by atoms with E-state index < -0.39 is 0 Å². The van der Waals surface area contributed by atoms with Crippen LogP contribution in [0, 0.1) is 6.92 Å². The Balaban J connectivity index is 2.21. The number of nitrogens with one attached hydrogen (secondary N) is 1. The molecule has 2 aromatic heterocycles. The summed E-state index contributed by atoms with van der Waals surface area (Å²) in [6.07, 6.45) is 4.29. The molecule has 4 nitrogen and oxygen atoms in total. The molecule has 88 valence electrons. The molecule has 0 fully saturated rings. The van der Waals surface area contributed by atoms with Gasteiger partial charge in [-0.2, -0.15) is 0 Å². The van der Waals surface area contributed by atoms with Crippen molar-refractivity contribution in [1.29, 1.82) is 0 Å². The largest absolute Gasteiger partial charge is 0.350 e. The Morgan fingerprint density at radius 2 is 2.41 bits per heavy atom. The zero-order valence-electron chi connectivity index (χ0n) is 9.81. The highest BCUT2D eigenvalue weighted by Gasteiger charge is 2.10. The highest BCUT2D eigenvalue weighted by Crippen LogP contribution is 2.08. The monoisotopic (exact) mass is 229 g/mol. The van der Waals surface area contributed by atoms with Gasteiger partial charge < -0.3 is 9.72 Å². The standard InChI is InChI=1S/C13H15N3O/c1-3-4-8-14-13(17)11-9-16-10(2)6-5-7-12(16)15-11/h3,5-7,9H,1,4,8H2,2H3,(H,14,17). The van der Waals surface area contributed by atoms with Crippen LogP contribution in [0.1, 0.15) is 22.6 Å². The third kappa shape index (κ3) is 2.36. The van der Waals surface area contributed by atoms with Crippen LogP contribution in [0.25, 0.3) is 5.65 Å².